The Morgan fingerprint density at radius 3 is 2.81 bits per heavy atom. The Balaban J connectivity index is 2.64. The summed E-state index contributed by atoms with van der Waals surface area (Å²) in [7, 11) is -3.56. The van der Waals surface area contributed by atoms with Gasteiger partial charge in [0.2, 0.25) is 10.0 Å². The number of halogens is 1. The van der Waals surface area contributed by atoms with Crippen LogP contribution in [0.3, 0.4) is 0 Å². The summed E-state index contributed by atoms with van der Waals surface area (Å²) >= 11 is 1.66. The minimum Gasteiger partial charge on any atom is -0.211 e. The van der Waals surface area contributed by atoms with E-state index in [2.05, 4.69) is 4.72 Å². The van der Waals surface area contributed by atoms with Gasteiger partial charge in [-0.25, -0.2) is 17.5 Å². The van der Waals surface area contributed by atoms with Crippen LogP contribution in [0.4, 0.5) is 4.39 Å². The molecule has 0 unspecified atom stereocenters. The Morgan fingerprint density at radius 1 is 1.44 bits per heavy atom. The number of sulfonamides is 1. The van der Waals surface area contributed by atoms with Crippen molar-refractivity contribution in [2.45, 2.75) is 11.3 Å². The second-order valence-corrected chi connectivity index (χ2v) is 5.95. The van der Waals surface area contributed by atoms with E-state index in [4.69, 9.17) is 0 Å². The zero-order valence-corrected chi connectivity index (χ0v) is 10.6. The van der Waals surface area contributed by atoms with Crippen molar-refractivity contribution in [3.63, 3.8) is 0 Å². The third-order valence-corrected chi connectivity index (χ3v) is 4.08. The molecule has 3 nitrogen and oxygen atoms in total. The summed E-state index contributed by atoms with van der Waals surface area (Å²) in [6.07, 6.45) is 2.72. The van der Waals surface area contributed by atoms with Crippen LogP contribution in [0.15, 0.2) is 29.2 Å². The second kappa shape index (κ2) is 6.22. The molecule has 0 amide bonds. The highest BCUT2D eigenvalue weighted by Crippen LogP contribution is 2.10. The monoisotopic (exact) mass is 263 g/mol. The molecule has 0 heterocycles. The predicted octanol–water partition coefficient (Wildman–Crippen LogP) is 1.86. The number of nitrogens with one attached hydrogen (secondary N) is 1. The van der Waals surface area contributed by atoms with Crippen molar-refractivity contribution in [2.24, 2.45) is 0 Å². The molecule has 1 aromatic rings. The lowest BCUT2D eigenvalue weighted by atomic mass is 10.4. The molecule has 0 bridgehead atoms. The van der Waals surface area contributed by atoms with Crippen LogP contribution >= 0.6 is 11.8 Å². The standard InChI is InChI=1S/C10H14FNO2S2/c1-15-7-3-6-12-16(13,14)10-5-2-4-9(11)8-10/h2,4-5,8,12H,3,6-7H2,1H3. The van der Waals surface area contributed by atoms with Gasteiger partial charge in [-0.2, -0.15) is 11.8 Å². The molecule has 1 aromatic carbocycles. The topological polar surface area (TPSA) is 46.2 Å². The Labute approximate surface area is 99.5 Å². The average molecular weight is 263 g/mol. The van der Waals surface area contributed by atoms with Crippen molar-refractivity contribution in [1.82, 2.24) is 4.72 Å². The minimum absolute atomic E-state index is 0.0309. The Hall–Kier alpha value is -0.590. The molecule has 6 heteroatoms. The van der Waals surface area contributed by atoms with E-state index in [1.165, 1.54) is 18.2 Å². The molecule has 0 aliphatic carbocycles. The maximum atomic E-state index is 12.8. The summed E-state index contributed by atoms with van der Waals surface area (Å²) < 4.78 is 38.6. The van der Waals surface area contributed by atoms with Gasteiger partial charge < -0.3 is 0 Å². The lowest BCUT2D eigenvalue weighted by molar-refractivity contribution is 0.577. The molecular weight excluding hydrogens is 249 g/mol. The molecule has 0 aliphatic rings. The summed E-state index contributed by atoms with van der Waals surface area (Å²) in [5.41, 5.74) is 0. The normalized spacial score (nSPS) is 11.6. The van der Waals surface area contributed by atoms with E-state index < -0.39 is 15.8 Å². The lowest BCUT2D eigenvalue weighted by Gasteiger charge is -2.06. The number of thioether (sulfide) groups is 1. The molecule has 0 aromatic heterocycles. The molecule has 0 fully saturated rings. The van der Waals surface area contributed by atoms with Crippen LogP contribution in [0.2, 0.25) is 0 Å². The summed E-state index contributed by atoms with van der Waals surface area (Å²) in [6.45, 7) is 0.375. The zero-order valence-electron chi connectivity index (χ0n) is 8.94. The van der Waals surface area contributed by atoms with Crippen LogP contribution in [-0.2, 0) is 10.0 Å². The van der Waals surface area contributed by atoms with E-state index in [1.54, 1.807) is 11.8 Å². The van der Waals surface area contributed by atoms with Gasteiger partial charge in [-0.05, 0) is 36.6 Å². The van der Waals surface area contributed by atoms with Gasteiger partial charge in [0.15, 0.2) is 0 Å². The van der Waals surface area contributed by atoms with Gasteiger partial charge in [0.05, 0.1) is 4.90 Å². The number of rotatable bonds is 6. The van der Waals surface area contributed by atoms with Crippen LogP contribution in [-0.4, -0.2) is 27.0 Å². The van der Waals surface area contributed by atoms with Gasteiger partial charge in [-0.15, -0.1) is 0 Å². The average Bonchev–Trinajstić information content (AvgIpc) is 2.24. The molecule has 0 spiro atoms. The first-order chi connectivity index (χ1) is 7.56. The summed E-state index contributed by atoms with van der Waals surface area (Å²) in [5.74, 6) is 0.345. The van der Waals surface area contributed by atoms with Crippen LogP contribution in [0.5, 0.6) is 0 Å². The molecule has 0 aliphatic heterocycles. The lowest BCUT2D eigenvalue weighted by Crippen LogP contribution is -2.25. The second-order valence-electron chi connectivity index (χ2n) is 3.20. The molecular formula is C10H14FNO2S2. The Kier molecular flexibility index (Phi) is 5.24. The maximum Gasteiger partial charge on any atom is 0.240 e. The van der Waals surface area contributed by atoms with E-state index in [0.29, 0.717) is 6.54 Å². The summed E-state index contributed by atoms with van der Waals surface area (Å²) in [5, 5.41) is 0. The highest BCUT2D eigenvalue weighted by atomic mass is 32.2. The first-order valence-corrected chi connectivity index (χ1v) is 7.68. The first kappa shape index (κ1) is 13.5. The number of benzene rings is 1. The minimum atomic E-state index is -3.56. The molecule has 0 atom stereocenters. The molecule has 0 radical (unpaired) electrons. The largest absolute Gasteiger partial charge is 0.240 e. The smallest absolute Gasteiger partial charge is 0.211 e. The van der Waals surface area contributed by atoms with Gasteiger partial charge in [0, 0.05) is 6.54 Å². The van der Waals surface area contributed by atoms with E-state index in [1.807, 2.05) is 6.26 Å². The van der Waals surface area contributed by atoms with E-state index in [-0.39, 0.29) is 4.90 Å². The Morgan fingerprint density at radius 2 is 2.19 bits per heavy atom. The summed E-state index contributed by atoms with van der Waals surface area (Å²) in [4.78, 5) is -0.0309. The van der Waals surface area contributed by atoms with Gasteiger partial charge in [-0.1, -0.05) is 6.07 Å². The molecule has 1 N–H and O–H groups in total. The molecule has 0 saturated carbocycles. The highest BCUT2D eigenvalue weighted by molar-refractivity contribution is 7.98. The van der Waals surface area contributed by atoms with Gasteiger partial charge in [-0.3, -0.25) is 0 Å². The van der Waals surface area contributed by atoms with Crippen LogP contribution < -0.4 is 4.72 Å². The van der Waals surface area contributed by atoms with Crippen molar-refractivity contribution in [1.29, 1.82) is 0 Å². The van der Waals surface area contributed by atoms with E-state index >= 15 is 0 Å². The SMILES string of the molecule is CSCCCNS(=O)(=O)c1cccc(F)c1. The number of hydrogen-bond donors (Lipinski definition) is 1. The third kappa shape index (κ3) is 4.11. The summed E-state index contributed by atoms with van der Waals surface area (Å²) in [6, 6.07) is 4.98. The molecule has 1 rings (SSSR count). The van der Waals surface area contributed by atoms with Crippen LogP contribution in [0, 0.1) is 5.82 Å². The fourth-order valence-corrected chi connectivity index (χ4v) is 2.68. The van der Waals surface area contributed by atoms with Crippen LogP contribution in [0.25, 0.3) is 0 Å². The van der Waals surface area contributed by atoms with Gasteiger partial charge in [0.1, 0.15) is 5.82 Å². The molecule has 90 valence electrons. The van der Waals surface area contributed by atoms with Crippen molar-refractivity contribution in [2.75, 3.05) is 18.6 Å². The Bertz CT molecular complexity index is 434. The third-order valence-electron chi connectivity index (χ3n) is 1.92. The van der Waals surface area contributed by atoms with E-state index in [0.717, 1.165) is 18.2 Å². The fraction of sp³-hybridized carbons (Fsp3) is 0.400. The number of hydrogen-bond acceptors (Lipinski definition) is 3. The fourth-order valence-electron chi connectivity index (χ4n) is 1.14. The molecule has 16 heavy (non-hydrogen) atoms. The van der Waals surface area contributed by atoms with Gasteiger partial charge in [0.25, 0.3) is 0 Å². The molecule has 0 saturated heterocycles. The van der Waals surface area contributed by atoms with Crippen molar-refractivity contribution in [3.8, 4) is 0 Å². The van der Waals surface area contributed by atoms with Gasteiger partial charge >= 0.3 is 0 Å². The van der Waals surface area contributed by atoms with Crippen molar-refractivity contribution < 1.29 is 12.8 Å². The maximum absolute atomic E-state index is 12.8. The highest BCUT2D eigenvalue weighted by Gasteiger charge is 2.13. The van der Waals surface area contributed by atoms with Crippen LogP contribution in [0.1, 0.15) is 6.42 Å². The van der Waals surface area contributed by atoms with E-state index in [9.17, 15) is 12.8 Å². The zero-order chi connectivity index (χ0) is 12.0. The first-order valence-electron chi connectivity index (χ1n) is 4.80. The van der Waals surface area contributed by atoms with Crippen molar-refractivity contribution in [3.05, 3.63) is 30.1 Å². The quantitative estimate of drug-likeness (QED) is 0.797. The predicted molar refractivity (Wildman–Crippen MR) is 64.6 cm³/mol. The van der Waals surface area contributed by atoms with Crippen molar-refractivity contribution >= 4 is 21.8 Å².